The maximum Gasteiger partial charge on any atom is 0.254 e. The molecule has 0 atom stereocenters. The SMILES string of the molecule is COc1ccc(C)cc1S(=O)(=O)N1CCN(C(=O)c2ccncc2)CC1. The van der Waals surface area contributed by atoms with Crippen molar-refractivity contribution in [3.05, 3.63) is 53.9 Å². The van der Waals surface area contributed by atoms with Gasteiger partial charge in [0.15, 0.2) is 0 Å². The highest BCUT2D eigenvalue weighted by atomic mass is 32.2. The molecule has 3 rings (SSSR count). The smallest absolute Gasteiger partial charge is 0.254 e. The number of hydrogen-bond donors (Lipinski definition) is 0. The van der Waals surface area contributed by atoms with E-state index in [9.17, 15) is 13.2 Å². The molecule has 2 heterocycles. The Kier molecular flexibility index (Phi) is 5.24. The second kappa shape index (κ2) is 7.43. The lowest BCUT2D eigenvalue weighted by atomic mass is 10.2. The number of hydrogen-bond acceptors (Lipinski definition) is 5. The minimum absolute atomic E-state index is 0.113. The van der Waals surface area contributed by atoms with Crippen LogP contribution in [-0.4, -0.2) is 61.8 Å². The Morgan fingerprint density at radius 1 is 1.08 bits per heavy atom. The zero-order chi connectivity index (χ0) is 18.7. The lowest BCUT2D eigenvalue weighted by molar-refractivity contribution is 0.0697. The molecule has 7 nitrogen and oxygen atoms in total. The van der Waals surface area contributed by atoms with E-state index >= 15 is 0 Å². The van der Waals surface area contributed by atoms with Crippen molar-refractivity contribution in [1.82, 2.24) is 14.2 Å². The van der Waals surface area contributed by atoms with Crippen molar-refractivity contribution in [2.24, 2.45) is 0 Å². The molecule has 1 amide bonds. The topological polar surface area (TPSA) is 79.8 Å². The monoisotopic (exact) mass is 375 g/mol. The van der Waals surface area contributed by atoms with Gasteiger partial charge in [-0.05, 0) is 36.8 Å². The van der Waals surface area contributed by atoms with E-state index in [-0.39, 0.29) is 23.9 Å². The number of carbonyl (C=O) groups excluding carboxylic acids is 1. The minimum atomic E-state index is -3.68. The average Bonchev–Trinajstić information content (AvgIpc) is 2.68. The number of methoxy groups -OCH3 is 1. The summed E-state index contributed by atoms with van der Waals surface area (Å²) in [5, 5.41) is 0. The first-order valence-corrected chi connectivity index (χ1v) is 9.71. The summed E-state index contributed by atoms with van der Waals surface area (Å²) in [6.45, 7) is 3.01. The number of aryl methyl sites for hydroxylation is 1. The quantitative estimate of drug-likeness (QED) is 0.810. The van der Waals surface area contributed by atoms with Crippen molar-refractivity contribution in [1.29, 1.82) is 0 Å². The molecule has 0 N–H and O–H groups in total. The second-order valence-electron chi connectivity index (χ2n) is 6.09. The van der Waals surface area contributed by atoms with Gasteiger partial charge in [-0.15, -0.1) is 0 Å². The highest BCUT2D eigenvalue weighted by Gasteiger charge is 2.32. The molecule has 1 aromatic heterocycles. The van der Waals surface area contributed by atoms with E-state index in [4.69, 9.17) is 4.74 Å². The van der Waals surface area contributed by atoms with E-state index in [2.05, 4.69) is 4.98 Å². The normalized spacial score (nSPS) is 15.7. The molecular weight excluding hydrogens is 354 g/mol. The first-order chi connectivity index (χ1) is 12.4. The van der Waals surface area contributed by atoms with Crippen molar-refractivity contribution in [2.45, 2.75) is 11.8 Å². The first kappa shape index (κ1) is 18.3. The fraction of sp³-hybridized carbons (Fsp3) is 0.333. The highest BCUT2D eigenvalue weighted by Crippen LogP contribution is 2.28. The van der Waals surface area contributed by atoms with Gasteiger partial charge in [0.25, 0.3) is 5.91 Å². The highest BCUT2D eigenvalue weighted by molar-refractivity contribution is 7.89. The second-order valence-corrected chi connectivity index (χ2v) is 7.99. The van der Waals surface area contributed by atoms with Crippen LogP contribution >= 0.6 is 0 Å². The fourth-order valence-corrected chi connectivity index (χ4v) is 4.60. The van der Waals surface area contributed by atoms with Crippen molar-refractivity contribution in [3.8, 4) is 5.75 Å². The molecule has 1 saturated heterocycles. The molecule has 1 aliphatic rings. The largest absolute Gasteiger partial charge is 0.495 e. The molecule has 0 aliphatic carbocycles. The third-order valence-electron chi connectivity index (χ3n) is 4.39. The number of amides is 1. The number of pyridine rings is 1. The fourth-order valence-electron chi connectivity index (χ4n) is 2.93. The van der Waals surface area contributed by atoms with E-state index in [1.54, 1.807) is 41.6 Å². The van der Waals surface area contributed by atoms with Crippen molar-refractivity contribution in [2.75, 3.05) is 33.3 Å². The number of ether oxygens (including phenoxy) is 1. The summed E-state index contributed by atoms with van der Waals surface area (Å²) in [5.41, 5.74) is 1.40. The summed E-state index contributed by atoms with van der Waals surface area (Å²) in [4.78, 5) is 18.2. The van der Waals surface area contributed by atoms with Gasteiger partial charge >= 0.3 is 0 Å². The lowest BCUT2D eigenvalue weighted by Crippen LogP contribution is -2.50. The molecule has 0 radical (unpaired) electrons. The molecule has 2 aromatic rings. The number of sulfonamides is 1. The van der Waals surface area contributed by atoms with Gasteiger partial charge in [0.2, 0.25) is 10.0 Å². The third kappa shape index (κ3) is 3.56. The Bertz CT molecular complexity index is 892. The number of benzene rings is 1. The number of nitrogens with zero attached hydrogens (tertiary/aromatic N) is 3. The van der Waals surface area contributed by atoms with Crippen LogP contribution in [0.3, 0.4) is 0 Å². The molecular formula is C18H21N3O4S. The molecule has 0 bridgehead atoms. The Hall–Kier alpha value is -2.45. The third-order valence-corrected chi connectivity index (χ3v) is 6.31. The average molecular weight is 375 g/mol. The molecule has 138 valence electrons. The standard InChI is InChI=1S/C18H21N3O4S/c1-14-3-4-16(25-2)17(13-14)26(23,24)21-11-9-20(10-12-21)18(22)15-5-7-19-8-6-15/h3-8,13H,9-12H2,1-2H3. The van der Waals surface area contributed by atoms with Crippen LogP contribution in [0.4, 0.5) is 0 Å². The number of carbonyl (C=O) groups is 1. The number of aromatic nitrogens is 1. The predicted molar refractivity (Wildman–Crippen MR) is 96.6 cm³/mol. The molecule has 0 unspecified atom stereocenters. The Labute approximate surface area is 153 Å². The summed E-state index contributed by atoms with van der Waals surface area (Å²) in [6.07, 6.45) is 3.13. The van der Waals surface area contributed by atoms with Gasteiger partial charge in [-0.3, -0.25) is 9.78 Å². The van der Waals surface area contributed by atoms with Crippen molar-refractivity contribution in [3.63, 3.8) is 0 Å². The van der Waals surface area contributed by atoms with Crippen LogP contribution in [0.25, 0.3) is 0 Å². The van der Waals surface area contributed by atoms with Gasteiger partial charge in [0, 0.05) is 44.1 Å². The van der Waals surface area contributed by atoms with Gasteiger partial charge < -0.3 is 9.64 Å². The van der Waals surface area contributed by atoms with Crippen LogP contribution in [0.15, 0.2) is 47.6 Å². The molecule has 1 aliphatic heterocycles. The van der Waals surface area contributed by atoms with Crippen LogP contribution in [0, 0.1) is 6.92 Å². The van der Waals surface area contributed by atoms with E-state index in [1.807, 2.05) is 13.0 Å². The van der Waals surface area contributed by atoms with Gasteiger partial charge in [-0.2, -0.15) is 4.31 Å². The van der Waals surface area contributed by atoms with Crippen LogP contribution in [-0.2, 0) is 10.0 Å². The van der Waals surface area contributed by atoms with Crippen molar-refractivity contribution < 1.29 is 17.9 Å². The first-order valence-electron chi connectivity index (χ1n) is 8.27. The summed E-state index contributed by atoms with van der Waals surface area (Å²) in [5.74, 6) is 0.212. The van der Waals surface area contributed by atoms with E-state index in [1.165, 1.54) is 11.4 Å². The summed E-state index contributed by atoms with van der Waals surface area (Å²) >= 11 is 0. The Balaban J connectivity index is 1.75. The van der Waals surface area contributed by atoms with E-state index in [0.29, 0.717) is 24.4 Å². The van der Waals surface area contributed by atoms with Crippen LogP contribution < -0.4 is 4.74 Å². The summed E-state index contributed by atoms with van der Waals surface area (Å²) in [6, 6.07) is 8.39. The van der Waals surface area contributed by atoms with Gasteiger partial charge in [-0.25, -0.2) is 8.42 Å². The zero-order valence-electron chi connectivity index (χ0n) is 14.8. The zero-order valence-corrected chi connectivity index (χ0v) is 15.6. The van der Waals surface area contributed by atoms with E-state index in [0.717, 1.165) is 5.56 Å². The van der Waals surface area contributed by atoms with Crippen LogP contribution in [0.5, 0.6) is 5.75 Å². The lowest BCUT2D eigenvalue weighted by Gasteiger charge is -2.34. The molecule has 8 heteroatoms. The van der Waals surface area contributed by atoms with E-state index < -0.39 is 10.0 Å². The maximum atomic E-state index is 13.0. The molecule has 26 heavy (non-hydrogen) atoms. The minimum Gasteiger partial charge on any atom is -0.495 e. The van der Waals surface area contributed by atoms with Crippen molar-refractivity contribution >= 4 is 15.9 Å². The Morgan fingerprint density at radius 3 is 2.35 bits per heavy atom. The molecule has 0 saturated carbocycles. The summed E-state index contributed by atoms with van der Waals surface area (Å²) in [7, 11) is -2.23. The molecule has 1 aromatic carbocycles. The number of piperazine rings is 1. The molecule has 0 spiro atoms. The van der Waals surface area contributed by atoms with Gasteiger partial charge in [-0.1, -0.05) is 6.07 Å². The predicted octanol–water partition coefficient (Wildman–Crippen LogP) is 1.55. The molecule has 1 fully saturated rings. The van der Waals surface area contributed by atoms with Crippen LogP contribution in [0.2, 0.25) is 0 Å². The van der Waals surface area contributed by atoms with Gasteiger partial charge in [0.05, 0.1) is 7.11 Å². The van der Waals surface area contributed by atoms with Crippen LogP contribution in [0.1, 0.15) is 15.9 Å². The Morgan fingerprint density at radius 2 is 1.73 bits per heavy atom. The number of rotatable bonds is 4. The maximum absolute atomic E-state index is 13.0. The summed E-state index contributed by atoms with van der Waals surface area (Å²) < 4.78 is 32.6. The van der Waals surface area contributed by atoms with Gasteiger partial charge in [0.1, 0.15) is 10.6 Å².